The molecule has 0 atom stereocenters. The van der Waals surface area contributed by atoms with Gasteiger partial charge in [0.2, 0.25) is 0 Å². The molecule has 0 spiro atoms. The highest BCUT2D eigenvalue weighted by molar-refractivity contribution is 5.52. The Bertz CT molecular complexity index is 632. The Morgan fingerprint density at radius 3 is 1.90 bits per heavy atom. The Balaban J connectivity index is 2.39. The number of ether oxygens (including phenoxy) is 3. The van der Waals surface area contributed by atoms with Gasteiger partial charge in [0.15, 0.2) is 0 Å². The third-order valence-electron chi connectivity index (χ3n) is 3.28. The zero-order valence-corrected chi connectivity index (χ0v) is 12.3. The van der Waals surface area contributed by atoms with Gasteiger partial charge in [-0.1, -0.05) is 12.1 Å². The minimum absolute atomic E-state index is 0.646. The molecule has 0 aliphatic carbocycles. The minimum atomic E-state index is 0.646. The normalized spacial score (nSPS) is 9.81. The highest BCUT2D eigenvalue weighted by atomic mass is 16.5. The van der Waals surface area contributed by atoms with E-state index in [1.807, 2.05) is 24.3 Å². The third kappa shape index (κ3) is 3.26. The monoisotopic (exact) mass is 283 g/mol. The van der Waals surface area contributed by atoms with Crippen molar-refractivity contribution >= 4 is 0 Å². The number of nitrogens with zero attached hydrogens (tertiary/aromatic N) is 1. The largest absolute Gasteiger partial charge is 0.496 e. The van der Waals surface area contributed by atoms with E-state index in [9.17, 15) is 0 Å². The lowest BCUT2D eigenvalue weighted by atomic mass is 10.0. The molecule has 0 saturated carbocycles. The van der Waals surface area contributed by atoms with Gasteiger partial charge < -0.3 is 14.2 Å². The fourth-order valence-corrected chi connectivity index (χ4v) is 2.15. The van der Waals surface area contributed by atoms with E-state index < -0.39 is 0 Å². The van der Waals surface area contributed by atoms with Crippen LogP contribution in [0.1, 0.15) is 16.7 Å². The Morgan fingerprint density at radius 1 is 0.905 bits per heavy atom. The summed E-state index contributed by atoms with van der Waals surface area (Å²) in [6.07, 6.45) is 0.655. The summed E-state index contributed by atoms with van der Waals surface area (Å²) >= 11 is 0. The highest BCUT2D eigenvalue weighted by Gasteiger charge is 2.13. The van der Waals surface area contributed by atoms with Crippen LogP contribution in [0.2, 0.25) is 0 Å². The minimum Gasteiger partial charge on any atom is -0.496 e. The first-order chi connectivity index (χ1) is 10.2. The number of benzene rings is 2. The van der Waals surface area contributed by atoms with Gasteiger partial charge in [0.1, 0.15) is 17.2 Å². The fourth-order valence-electron chi connectivity index (χ4n) is 2.15. The van der Waals surface area contributed by atoms with E-state index in [0.717, 1.165) is 22.6 Å². The molecule has 0 radical (unpaired) electrons. The van der Waals surface area contributed by atoms with Gasteiger partial charge in [-0.3, -0.25) is 0 Å². The maximum absolute atomic E-state index is 8.84. The van der Waals surface area contributed by atoms with E-state index >= 15 is 0 Å². The van der Waals surface area contributed by atoms with Crippen LogP contribution in [0.4, 0.5) is 0 Å². The molecule has 21 heavy (non-hydrogen) atoms. The van der Waals surface area contributed by atoms with Gasteiger partial charge in [-0.25, -0.2) is 0 Å². The average Bonchev–Trinajstić information content (AvgIpc) is 2.55. The molecule has 0 heterocycles. The molecule has 0 amide bonds. The van der Waals surface area contributed by atoms with Crippen molar-refractivity contribution in [3.63, 3.8) is 0 Å². The van der Waals surface area contributed by atoms with E-state index in [-0.39, 0.29) is 0 Å². The Hall–Kier alpha value is -2.67. The SMILES string of the molecule is COc1cc(OC)c(Cc2ccc(C#N)cc2)c(OC)c1. The molecule has 4 nitrogen and oxygen atoms in total. The van der Waals surface area contributed by atoms with Crippen molar-refractivity contribution in [2.24, 2.45) is 0 Å². The lowest BCUT2D eigenvalue weighted by molar-refractivity contribution is 0.370. The van der Waals surface area contributed by atoms with Crippen LogP contribution in [0.25, 0.3) is 0 Å². The van der Waals surface area contributed by atoms with Gasteiger partial charge in [-0.2, -0.15) is 5.26 Å². The summed E-state index contributed by atoms with van der Waals surface area (Å²) in [5.74, 6) is 2.12. The molecule has 0 aromatic heterocycles. The fraction of sp³-hybridized carbons (Fsp3) is 0.235. The molecule has 108 valence electrons. The summed E-state index contributed by atoms with van der Waals surface area (Å²) in [5.41, 5.74) is 2.67. The van der Waals surface area contributed by atoms with Gasteiger partial charge in [0.25, 0.3) is 0 Å². The van der Waals surface area contributed by atoms with Crippen LogP contribution in [0.15, 0.2) is 36.4 Å². The van der Waals surface area contributed by atoms with Crippen LogP contribution in [0, 0.1) is 11.3 Å². The van der Waals surface area contributed by atoms with Crippen LogP contribution < -0.4 is 14.2 Å². The number of rotatable bonds is 5. The van der Waals surface area contributed by atoms with Crippen molar-refractivity contribution in [2.75, 3.05) is 21.3 Å². The van der Waals surface area contributed by atoms with Crippen molar-refractivity contribution in [2.45, 2.75) is 6.42 Å². The standard InChI is InChI=1S/C17H17NO3/c1-19-14-9-16(20-2)15(17(10-14)21-3)8-12-4-6-13(11-18)7-5-12/h4-7,9-10H,8H2,1-3H3. The molecule has 0 saturated heterocycles. The molecule has 0 bridgehead atoms. The summed E-state index contributed by atoms with van der Waals surface area (Å²) in [5, 5.41) is 8.84. The van der Waals surface area contributed by atoms with Gasteiger partial charge >= 0.3 is 0 Å². The van der Waals surface area contributed by atoms with Crippen molar-refractivity contribution in [3.8, 4) is 23.3 Å². The molecule has 4 heteroatoms. The van der Waals surface area contributed by atoms with E-state index in [1.54, 1.807) is 33.5 Å². The number of nitriles is 1. The second kappa shape index (κ2) is 6.67. The van der Waals surface area contributed by atoms with Gasteiger partial charge in [0, 0.05) is 24.1 Å². The van der Waals surface area contributed by atoms with Crippen LogP contribution in [0.5, 0.6) is 17.2 Å². The summed E-state index contributed by atoms with van der Waals surface area (Å²) in [6.45, 7) is 0. The second-order valence-electron chi connectivity index (χ2n) is 4.50. The Labute approximate surface area is 124 Å². The zero-order chi connectivity index (χ0) is 15.2. The van der Waals surface area contributed by atoms with Crippen LogP contribution in [-0.2, 0) is 6.42 Å². The molecule has 0 aliphatic heterocycles. The van der Waals surface area contributed by atoms with Gasteiger partial charge in [0.05, 0.1) is 33.0 Å². The van der Waals surface area contributed by atoms with Crippen molar-refractivity contribution in [3.05, 3.63) is 53.1 Å². The quantitative estimate of drug-likeness (QED) is 0.845. The van der Waals surface area contributed by atoms with Crippen LogP contribution in [0.3, 0.4) is 0 Å². The topological polar surface area (TPSA) is 51.5 Å². The number of hydrogen-bond donors (Lipinski definition) is 0. The Kier molecular flexibility index (Phi) is 4.68. The van der Waals surface area contributed by atoms with Gasteiger partial charge in [-0.15, -0.1) is 0 Å². The summed E-state index contributed by atoms with van der Waals surface area (Å²) < 4.78 is 16.1. The molecule has 0 aliphatic rings. The van der Waals surface area contributed by atoms with Gasteiger partial charge in [-0.05, 0) is 17.7 Å². The van der Waals surface area contributed by atoms with E-state index in [1.165, 1.54) is 0 Å². The first-order valence-corrected chi connectivity index (χ1v) is 6.49. The molecule has 0 fully saturated rings. The maximum Gasteiger partial charge on any atom is 0.129 e. The predicted molar refractivity (Wildman–Crippen MR) is 80.1 cm³/mol. The summed E-state index contributed by atoms with van der Waals surface area (Å²) in [4.78, 5) is 0. The summed E-state index contributed by atoms with van der Waals surface area (Å²) in [6, 6.07) is 13.3. The zero-order valence-electron chi connectivity index (χ0n) is 12.3. The molecular formula is C17H17NO3. The van der Waals surface area contributed by atoms with Crippen LogP contribution >= 0.6 is 0 Å². The average molecular weight is 283 g/mol. The van der Waals surface area contributed by atoms with Crippen LogP contribution in [-0.4, -0.2) is 21.3 Å². The smallest absolute Gasteiger partial charge is 0.129 e. The first-order valence-electron chi connectivity index (χ1n) is 6.49. The first kappa shape index (κ1) is 14.7. The van der Waals surface area contributed by atoms with E-state index in [4.69, 9.17) is 19.5 Å². The highest BCUT2D eigenvalue weighted by Crippen LogP contribution is 2.35. The van der Waals surface area contributed by atoms with E-state index in [0.29, 0.717) is 17.7 Å². The number of methoxy groups -OCH3 is 3. The van der Waals surface area contributed by atoms with Crippen molar-refractivity contribution < 1.29 is 14.2 Å². The van der Waals surface area contributed by atoms with E-state index in [2.05, 4.69) is 6.07 Å². The third-order valence-corrected chi connectivity index (χ3v) is 3.28. The molecular weight excluding hydrogens is 266 g/mol. The van der Waals surface area contributed by atoms with Crippen molar-refractivity contribution in [1.29, 1.82) is 5.26 Å². The predicted octanol–water partition coefficient (Wildman–Crippen LogP) is 3.17. The second-order valence-corrected chi connectivity index (χ2v) is 4.50. The maximum atomic E-state index is 8.84. The molecule has 0 unspecified atom stereocenters. The molecule has 2 aromatic rings. The van der Waals surface area contributed by atoms with Crippen molar-refractivity contribution in [1.82, 2.24) is 0 Å². The number of hydrogen-bond acceptors (Lipinski definition) is 4. The Morgan fingerprint density at radius 2 is 1.48 bits per heavy atom. The lowest BCUT2D eigenvalue weighted by Gasteiger charge is -2.15. The lowest BCUT2D eigenvalue weighted by Crippen LogP contribution is -1.99. The summed E-state index contributed by atoms with van der Waals surface area (Å²) in [7, 11) is 4.85. The molecule has 0 N–H and O–H groups in total. The molecule has 2 aromatic carbocycles. The molecule has 2 rings (SSSR count).